The SMILES string of the molecule is Cc1cccc(NC(=O)Cc2ccc(F)cc2)n1. The number of nitrogens with one attached hydrogen (secondary N) is 1. The van der Waals surface area contributed by atoms with E-state index in [1.165, 1.54) is 12.1 Å². The van der Waals surface area contributed by atoms with Gasteiger partial charge in [0, 0.05) is 5.69 Å². The highest BCUT2D eigenvalue weighted by atomic mass is 19.1. The molecule has 0 radical (unpaired) electrons. The normalized spacial score (nSPS) is 10.1. The third-order valence-electron chi connectivity index (χ3n) is 2.43. The summed E-state index contributed by atoms with van der Waals surface area (Å²) in [5, 5.41) is 2.70. The van der Waals surface area contributed by atoms with E-state index in [4.69, 9.17) is 0 Å². The van der Waals surface area contributed by atoms with E-state index in [0.29, 0.717) is 5.82 Å². The minimum atomic E-state index is -0.306. The van der Waals surface area contributed by atoms with Gasteiger partial charge in [0.2, 0.25) is 5.91 Å². The van der Waals surface area contributed by atoms with Gasteiger partial charge in [-0.2, -0.15) is 0 Å². The predicted molar refractivity (Wildman–Crippen MR) is 67.7 cm³/mol. The summed E-state index contributed by atoms with van der Waals surface area (Å²) in [5.41, 5.74) is 1.61. The van der Waals surface area contributed by atoms with Gasteiger partial charge in [0.1, 0.15) is 11.6 Å². The van der Waals surface area contributed by atoms with Gasteiger partial charge in [-0.15, -0.1) is 0 Å². The van der Waals surface area contributed by atoms with Crippen molar-refractivity contribution in [3.05, 3.63) is 59.5 Å². The number of anilines is 1. The maximum Gasteiger partial charge on any atom is 0.229 e. The van der Waals surface area contributed by atoms with Crippen molar-refractivity contribution in [2.24, 2.45) is 0 Å². The molecule has 0 spiro atoms. The first-order chi connectivity index (χ1) is 8.63. The van der Waals surface area contributed by atoms with Crippen molar-refractivity contribution >= 4 is 11.7 Å². The third-order valence-corrected chi connectivity index (χ3v) is 2.43. The first kappa shape index (κ1) is 12.2. The predicted octanol–water partition coefficient (Wildman–Crippen LogP) is 2.71. The molecule has 1 aromatic carbocycles. The van der Waals surface area contributed by atoms with E-state index in [9.17, 15) is 9.18 Å². The molecule has 0 fully saturated rings. The Morgan fingerprint density at radius 2 is 1.94 bits per heavy atom. The summed E-state index contributed by atoms with van der Waals surface area (Å²) in [6, 6.07) is 11.3. The molecule has 2 aromatic rings. The quantitative estimate of drug-likeness (QED) is 0.902. The lowest BCUT2D eigenvalue weighted by Crippen LogP contribution is -2.15. The van der Waals surface area contributed by atoms with E-state index >= 15 is 0 Å². The molecule has 3 nitrogen and oxygen atoms in total. The molecule has 1 amide bonds. The Morgan fingerprint density at radius 1 is 1.22 bits per heavy atom. The van der Waals surface area contributed by atoms with Gasteiger partial charge in [-0.05, 0) is 36.8 Å². The smallest absolute Gasteiger partial charge is 0.229 e. The molecular formula is C14H13FN2O. The summed E-state index contributed by atoms with van der Waals surface area (Å²) in [4.78, 5) is 15.9. The molecule has 0 aliphatic carbocycles. The molecule has 0 saturated heterocycles. The van der Waals surface area contributed by atoms with Crippen LogP contribution in [0.2, 0.25) is 0 Å². The topological polar surface area (TPSA) is 42.0 Å². The second kappa shape index (κ2) is 5.40. The fourth-order valence-corrected chi connectivity index (χ4v) is 1.59. The molecule has 0 saturated carbocycles. The highest BCUT2D eigenvalue weighted by Gasteiger charge is 2.05. The molecule has 1 aromatic heterocycles. The van der Waals surface area contributed by atoms with Crippen LogP contribution in [0.1, 0.15) is 11.3 Å². The summed E-state index contributed by atoms with van der Waals surface area (Å²) in [6.45, 7) is 1.86. The fraction of sp³-hybridized carbons (Fsp3) is 0.143. The molecule has 0 aliphatic rings. The summed E-state index contributed by atoms with van der Waals surface area (Å²) in [6.07, 6.45) is 0.204. The van der Waals surface area contributed by atoms with Crippen molar-refractivity contribution < 1.29 is 9.18 Å². The van der Waals surface area contributed by atoms with Crippen LogP contribution in [0.15, 0.2) is 42.5 Å². The molecule has 18 heavy (non-hydrogen) atoms. The van der Waals surface area contributed by atoms with Gasteiger partial charge in [-0.3, -0.25) is 4.79 Å². The van der Waals surface area contributed by atoms with Crippen molar-refractivity contribution in [3.8, 4) is 0 Å². The third kappa shape index (κ3) is 3.38. The molecule has 2 rings (SSSR count). The maximum absolute atomic E-state index is 12.7. The number of carbonyl (C=O) groups excluding carboxylic acids is 1. The van der Waals surface area contributed by atoms with Gasteiger partial charge in [-0.25, -0.2) is 9.37 Å². The lowest BCUT2D eigenvalue weighted by Gasteiger charge is -2.05. The highest BCUT2D eigenvalue weighted by molar-refractivity contribution is 5.91. The first-order valence-electron chi connectivity index (χ1n) is 5.61. The van der Waals surface area contributed by atoms with Crippen molar-refractivity contribution in [1.82, 2.24) is 4.98 Å². The van der Waals surface area contributed by atoms with Gasteiger partial charge in [0.05, 0.1) is 6.42 Å². The van der Waals surface area contributed by atoms with E-state index in [1.807, 2.05) is 19.1 Å². The standard InChI is InChI=1S/C14H13FN2O/c1-10-3-2-4-13(16-10)17-14(18)9-11-5-7-12(15)8-6-11/h2-8H,9H2,1H3,(H,16,17,18). The van der Waals surface area contributed by atoms with Crippen LogP contribution in [0.4, 0.5) is 10.2 Å². The van der Waals surface area contributed by atoms with Crippen LogP contribution in [0.25, 0.3) is 0 Å². The van der Waals surface area contributed by atoms with Crippen LogP contribution < -0.4 is 5.32 Å². The van der Waals surface area contributed by atoms with Gasteiger partial charge in [-0.1, -0.05) is 18.2 Å². The maximum atomic E-state index is 12.7. The van der Waals surface area contributed by atoms with E-state index in [-0.39, 0.29) is 18.1 Å². The number of aromatic nitrogens is 1. The Balaban J connectivity index is 1.98. The van der Waals surface area contributed by atoms with Gasteiger partial charge in [0.25, 0.3) is 0 Å². The Bertz CT molecular complexity index is 552. The van der Waals surface area contributed by atoms with Crippen molar-refractivity contribution in [3.63, 3.8) is 0 Å². The van der Waals surface area contributed by atoms with Crippen molar-refractivity contribution in [2.45, 2.75) is 13.3 Å². The molecule has 1 heterocycles. The zero-order valence-electron chi connectivity index (χ0n) is 9.98. The summed E-state index contributed by atoms with van der Waals surface area (Å²) in [7, 11) is 0. The average molecular weight is 244 g/mol. The minimum absolute atomic E-state index is 0.167. The van der Waals surface area contributed by atoms with Gasteiger partial charge in [0.15, 0.2) is 0 Å². The zero-order chi connectivity index (χ0) is 13.0. The summed E-state index contributed by atoms with van der Waals surface area (Å²) < 4.78 is 12.7. The Hall–Kier alpha value is -2.23. The van der Waals surface area contributed by atoms with Crippen LogP contribution in [-0.4, -0.2) is 10.9 Å². The number of aryl methyl sites for hydroxylation is 1. The van der Waals surface area contributed by atoms with Crippen molar-refractivity contribution in [1.29, 1.82) is 0 Å². The van der Waals surface area contributed by atoms with E-state index < -0.39 is 0 Å². The number of rotatable bonds is 3. The van der Waals surface area contributed by atoms with E-state index in [2.05, 4.69) is 10.3 Å². The number of amides is 1. The molecule has 0 unspecified atom stereocenters. The molecule has 0 bridgehead atoms. The zero-order valence-corrected chi connectivity index (χ0v) is 9.98. The number of pyridine rings is 1. The largest absolute Gasteiger partial charge is 0.310 e. The van der Waals surface area contributed by atoms with E-state index in [0.717, 1.165) is 11.3 Å². The van der Waals surface area contributed by atoms with Gasteiger partial charge < -0.3 is 5.32 Å². The van der Waals surface area contributed by atoms with E-state index in [1.54, 1.807) is 18.2 Å². The van der Waals surface area contributed by atoms with Crippen LogP contribution in [0.3, 0.4) is 0 Å². The number of nitrogens with zero attached hydrogens (tertiary/aromatic N) is 1. The number of carbonyl (C=O) groups is 1. The Morgan fingerprint density at radius 3 is 2.61 bits per heavy atom. The second-order valence-corrected chi connectivity index (χ2v) is 4.02. The fourth-order valence-electron chi connectivity index (χ4n) is 1.59. The number of hydrogen-bond acceptors (Lipinski definition) is 2. The lowest BCUT2D eigenvalue weighted by molar-refractivity contribution is -0.115. The minimum Gasteiger partial charge on any atom is -0.310 e. The number of hydrogen-bond donors (Lipinski definition) is 1. The molecular weight excluding hydrogens is 231 g/mol. The van der Waals surface area contributed by atoms with Crippen molar-refractivity contribution in [2.75, 3.05) is 5.32 Å². The molecule has 0 atom stereocenters. The summed E-state index contributed by atoms with van der Waals surface area (Å²) in [5.74, 6) is 0.0568. The summed E-state index contributed by atoms with van der Waals surface area (Å²) >= 11 is 0. The number of benzene rings is 1. The Labute approximate surface area is 105 Å². The Kier molecular flexibility index (Phi) is 3.67. The van der Waals surface area contributed by atoms with Crippen LogP contribution >= 0.6 is 0 Å². The lowest BCUT2D eigenvalue weighted by atomic mass is 10.1. The van der Waals surface area contributed by atoms with Crippen LogP contribution in [-0.2, 0) is 11.2 Å². The molecule has 1 N–H and O–H groups in total. The van der Waals surface area contributed by atoms with Crippen LogP contribution in [0.5, 0.6) is 0 Å². The molecule has 0 aliphatic heterocycles. The molecule has 92 valence electrons. The van der Waals surface area contributed by atoms with Gasteiger partial charge >= 0.3 is 0 Å². The first-order valence-corrected chi connectivity index (χ1v) is 5.61. The number of halogens is 1. The monoisotopic (exact) mass is 244 g/mol. The second-order valence-electron chi connectivity index (χ2n) is 4.02. The molecule has 4 heteroatoms. The highest BCUT2D eigenvalue weighted by Crippen LogP contribution is 2.07. The van der Waals surface area contributed by atoms with Crippen LogP contribution in [0, 0.1) is 12.7 Å². The average Bonchev–Trinajstić information content (AvgIpc) is 2.32.